The zero-order valence-electron chi connectivity index (χ0n) is 12.2. The Balaban J connectivity index is 2.16. The molecule has 2 unspecified atom stereocenters. The summed E-state index contributed by atoms with van der Waals surface area (Å²) in [7, 11) is 0. The average molecular weight is 264 g/mol. The molecular formula is C16H25FN2. The standard InChI is InChI=1S/C16H25FN2/c1-4-14-10-18-13(9-12(2)3)11-19(14)16-8-6-5-7-15(16)17/h5-8,12-14,18H,4,9-11H2,1-3H3. The van der Waals surface area contributed by atoms with Crippen LogP contribution in [0.4, 0.5) is 10.1 Å². The van der Waals surface area contributed by atoms with Gasteiger partial charge >= 0.3 is 0 Å². The van der Waals surface area contributed by atoms with Crippen molar-refractivity contribution in [1.82, 2.24) is 5.32 Å². The molecule has 2 atom stereocenters. The third-order valence-corrected chi connectivity index (χ3v) is 3.89. The molecular weight excluding hydrogens is 239 g/mol. The Kier molecular flexibility index (Phi) is 4.81. The molecule has 1 aliphatic heterocycles. The van der Waals surface area contributed by atoms with Gasteiger partial charge in [-0.2, -0.15) is 0 Å². The van der Waals surface area contributed by atoms with Gasteiger partial charge < -0.3 is 10.2 Å². The van der Waals surface area contributed by atoms with Crippen LogP contribution in [0.25, 0.3) is 0 Å². The lowest BCUT2D eigenvalue weighted by Crippen LogP contribution is -2.57. The van der Waals surface area contributed by atoms with Crippen LogP contribution in [0.1, 0.15) is 33.6 Å². The van der Waals surface area contributed by atoms with Crippen LogP contribution in [0.5, 0.6) is 0 Å². The van der Waals surface area contributed by atoms with Gasteiger partial charge in [0.2, 0.25) is 0 Å². The first-order chi connectivity index (χ1) is 9.11. The van der Waals surface area contributed by atoms with E-state index < -0.39 is 0 Å². The van der Waals surface area contributed by atoms with E-state index >= 15 is 0 Å². The van der Waals surface area contributed by atoms with Crippen LogP contribution >= 0.6 is 0 Å². The molecule has 19 heavy (non-hydrogen) atoms. The molecule has 1 fully saturated rings. The van der Waals surface area contributed by atoms with Crippen LogP contribution in [-0.2, 0) is 0 Å². The van der Waals surface area contributed by atoms with Gasteiger partial charge in [0.15, 0.2) is 0 Å². The lowest BCUT2D eigenvalue weighted by molar-refractivity contribution is 0.341. The van der Waals surface area contributed by atoms with Crippen molar-refractivity contribution in [3.8, 4) is 0 Å². The van der Waals surface area contributed by atoms with Crippen molar-refractivity contribution in [3.63, 3.8) is 0 Å². The number of hydrogen-bond donors (Lipinski definition) is 1. The Morgan fingerprint density at radius 3 is 2.74 bits per heavy atom. The molecule has 1 heterocycles. The molecule has 2 rings (SSSR count). The van der Waals surface area contributed by atoms with E-state index in [4.69, 9.17) is 0 Å². The van der Waals surface area contributed by atoms with Gasteiger partial charge in [-0.1, -0.05) is 32.9 Å². The molecule has 0 aliphatic carbocycles. The third kappa shape index (κ3) is 3.47. The van der Waals surface area contributed by atoms with Gasteiger partial charge in [-0.15, -0.1) is 0 Å². The van der Waals surface area contributed by atoms with Crippen molar-refractivity contribution in [3.05, 3.63) is 30.1 Å². The van der Waals surface area contributed by atoms with Crippen molar-refractivity contribution in [2.75, 3.05) is 18.0 Å². The van der Waals surface area contributed by atoms with E-state index in [1.165, 1.54) is 0 Å². The summed E-state index contributed by atoms with van der Waals surface area (Å²) in [4.78, 5) is 2.25. The maximum Gasteiger partial charge on any atom is 0.146 e. The second kappa shape index (κ2) is 6.38. The molecule has 0 spiro atoms. The average Bonchev–Trinajstić information content (AvgIpc) is 2.38. The van der Waals surface area contributed by atoms with E-state index in [1.54, 1.807) is 12.1 Å². The van der Waals surface area contributed by atoms with Gasteiger partial charge in [-0.05, 0) is 30.9 Å². The van der Waals surface area contributed by atoms with Crippen molar-refractivity contribution in [1.29, 1.82) is 0 Å². The summed E-state index contributed by atoms with van der Waals surface area (Å²) in [5.41, 5.74) is 0.754. The maximum absolute atomic E-state index is 14.0. The highest BCUT2D eigenvalue weighted by Crippen LogP contribution is 2.25. The largest absolute Gasteiger partial charge is 0.363 e. The van der Waals surface area contributed by atoms with Crippen molar-refractivity contribution < 1.29 is 4.39 Å². The minimum absolute atomic E-state index is 0.105. The fraction of sp³-hybridized carbons (Fsp3) is 0.625. The second-order valence-electron chi connectivity index (χ2n) is 5.90. The van der Waals surface area contributed by atoms with E-state index in [-0.39, 0.29) is 5.82 Å². The molecule has 0 saturated carbocycles. The second-order valence-corrected chi connectivity index (χ2v) is 5.90. The van der Waals surface area contributed by atoms with Gasteiger partial charge in [0.25, 0.3) is 0 Å². The number of nitrogens with one attached hydrogen (secondary N) is 1. The number of hydrogen-bond acceptors (Lipinski definition) is 2. The first-order valence-electron chi connectivity index (χ1n) is 7.36. The summed E-state index contributed by atoms with van der Waals surface area (Å²) in [6.45, 7) is 8.49. The molecule has 106 valence electrons. The number of halogens is 1. The molecule has 1 aliphatic rings. The SMILES string of the molecule is CCC1CNC(CC(C)C)CN1c1ccccc1F. The van der Waals surface area contributed by atoms with Gasteiger partial charge in [-0.25, -0.2) is 4.39 Å². The van der Waals surface area contributed by atoms with Crippen molar-refractivity contribution in [2.45, 2.75) is 45.7 Å². The molecule has 3 heteroatoms. The molecule has 0 aromatic heterocycles. The van der Waals surface area contributed by atoms with Crippen LogP contribution in [0.2, 0.25) is 0 Å². The van der Waals surface area contributed by atoms with Gasteiger partial charge in [0.1, 0.15) is 5.82 Å². The highest BCUT2D eigenvalue weighted by atomic mass is 19.1. The maximum atomic E-state index is 14.0. The quantitative estimate of drug-likeness (QED) is 0.896. The molecule has 1 aromatic rings. The topological polar surface area (TPSA) is 15.3 Å². The first-order valence-corrected chi connectivity index (χ1v) is 7.36. The van der Waals surface area contributed by atoms with Crippen LogP contribution in [0.15, 0.2) is 24.3 Å². The van der Waals surface area contributed by atoms with Crippen LogP contribution in [0, 0.1) is 11.7 Å². The number of nitrogens with zero attached hydrogens (tertiary/aromatic N) is 1. The number of piperazine rings is 1. The smallest absolute Gasteiger partial charge is 0.146 e. The molecule has 0 bridgehead atoms. The zero-order valence-corrected chi connectivity index (χ0v) is 12.2. The Morgan fingerprint density at radius 2 is 2.11 bits per heavy atom. The Labute approximate surface area is 116 Å². The van der Waals surface area contributed by atoms with Crippen LogP contribution in [0.3, 0.4) is 0 Å². The fourth-order valence-electron chi connectivity index (χ4n) is 2.94. The Morgan fingerprint density at radius 1 is 1.37 bits per heavy atom. The van der Waals surface area contributed by atoms with Crippen LogP contribution in [-0.4, -0.2) is 25.2 Å². The highest BCUT2D eigenvalue weighted by Gasteiger charge is 2.28. The summed E-state index contributed by atoms with van der Waals surface area (Å²) < 4.78 is 14.0. The summed E-state index contributed by atoms with van der Waals surface area (Å²) in [6, 6.07) is 7.98. The number of para-hydroxylation sites is 1. The molecule has 2 nitrogen and oxygen atoms in total. The minimum Gasteiger partial charge on any atom is -0.363 e. The summed E-state index contributed by atoms with van der Waals surface area (Å²) in [6.07, 6.45) is 2.18. The van der Waals surface area contributed by atoms with Gasteiger partial charge in [0.05, 0.1) is 5.69 Å². The lowest BCUT2D eigenvalue weighted by Gasteiger charge is -2.42. The minimum atomic E-state index is -0.105. The number of benzene rings is 1. The number of rotatable bonds is 4. The lowest BCUT2D eigenvalue weighted by atomic mass is 9.98. The first kappa shape index (κ1) is 14.3. The van der Waals surface area contributed by atoms with Crippen molar-refractivity contribution in [2.24, 2.45) is 5.92 Å². The Hall–Kier alpha value is -1.09. The van der Waals surface area contributed by atoms with Gasteiger partial charge in [-0.3, -0.25) is 0 Å². The Bertz CT molecular complexity index is 405. The molecule has 0 amide bonds. The molecule has 1 saturated heterocycles. The van der Waals surface area contributed by atoms with E-state index in [0.717, 1.165) is 31.6 Å². The molecule has 1 N–H and O–H groups in total. The van der Waals surface area contributed by atoms with E-state index in [0.29, 0.717) is 18.0 Å². The fourth-order valence-corrected chi connectivity index (χ4v) is 2.94. The van der Waals surface area contributed by atoms with E-state index in [2.05, 4.69) is 31.0 Å². The summed E-state index contributed by atoms with van der Waals surface area (Å²) in [5.74, 6) is 0.560. The van der Waals surface area contributed by atoms with Crippen molar-refractivity contribution >= 4 is 5.69 Å². The normalized spacial score (nSPS) is 23.9. The predicted molar refractivity (Wildman–Crippen MR) is 79.1 cm³/mol. The number of anilines is 1. The zero-order chi connectivity index (χ0) is 13.8. The van der Waals surface area contributed by atoms with Gasteiger partial charge in [0, 0.05) is 25.2 Å². The van der Waals surface area contributed by atoms with Crippen LogP contribution < -0.4 is 10.2 Å². The summed E-state index contributed by atoms with van der Waals surface area (Å²) in [5, 5.41) is 3.61. The van der Waals surface area contributed by atoms with E-state index in [9.17, 15) is 4.39 Å². The third-order valence-electron chi connectivity index (χ3n) is 3.89. The highest BCUT2D eigenvalue weighted by molar-refractivity contribution is 5.49. The monoisotopic (exact) mass is 264 g/mol. The predicted octanol–water partition coefficient (Wildman–Crippen LogP) is 3.43. The molecule has 1 aromatic carbocycles. The van der Waals surface area contributed by atoms with E-state index in [1.807, 2.05) is 12.1 Å². The summed E-state index contributed by atoms with van der Waals surface area (Å²) >= 11 is 0. The molecule has 0 radical (unpaired) electrons.